The van der Waals surface area contributed by atoms with Crippen molar-refractivity contribution in [2.24, 2.45) is 11.8 Å². The summed E-state index contributed by atoms with van der Waals surface area (Å²) < 4.78 is 40.1. The number of amides is 1. The zero-order valence-corrected chi connectivity index (χ0v) is 17.4. The maximum atomic E-state index is 13.4. The van der Waals surface area contributed by atoms with Gasteiger partial charge in [0.2, 0.25) is 15.9 Å². The molecular weight excluding hydrogens is 381 g/mol. The highest BCUT2D eigenvalue weighted by Crippen LogP contribution is 2.29. The molecule has 1 heterocycles. The molecule has 0 spiro atoms. The Labute approximate surface area is 167 Å². The van der Waals surface area contributed by atoms with Crippen LogP contribution in [0.2, 0.25) is 0 Å². The Morgan fingerprint density at radius 3 is 2.57 bits per heavy atom. The monoisotopic (exact) mass is 411 g/mol. The van der Waals surface area contributed by atoms with E-state index >= 15 is 0 Å². The van der Waals surface area contributed by atoms with Crippen molar-refractivity contribution in [1.82, 2.24) is 14.5 Å². The van der Waals surface area contributed by atoms with E-state index in [1.54, 1.807) is 0 Å². The van der Waals surface area contributed by atoms with E-state index in [0.717, 1.165) is 18.9 Å². The molecule has 156 valence electrons. The van der Waals surface area contributed by atoms with Gasteiger partial charge in [0.05, 0.1) is 11.4 Å². The number of hydrogen-bond donors (Lipinski definition) is 1. The van der Waals surface area contributed by atoms with Crippen LogP contribution in [0.5, 0.6) is 0 Å². The normalized spacial score (nSPS) is 27.5. The third-order valence-corrected chi connectivity index (χ3v) is 8.08. The molecule has 0 unspecified atom stereocenters. The maximum absolute atomic E-state index is 13.4. The topological polar surface area (TPSA) is 69.7 Å². The fourth-order valence-corrected chi connectivity index (χ4v) is 5.60. The van der Waals surface area contributed by atoms with Crippen molar-refractivity contribution in [1.29, 1.82) is 0 Å². The number of carbonyl (C=O) groups is 1. The Kier molecular flexibility index (Phi) is 6.73. The van der Waals surface area contributed by atoms with E-state index < -0.39 is 15.8 Å². The summed E-state index contributed by atoms with van der Waals surface area (Å²) in [6, 6.07) is 5.30. The van der Waals surface area contributed by atoms with Crippen LogP contribution < -0.4 is 5.32 Å². The van der Waals surface area contributed by atoms with Gasteiger partial charge < -0.3 is 5.32 Å². The Balaban J connectivity index is 1.50. The second kappa shape index (κ2) is 8.88. The molecule has 1 amide bonds. The summed E-state index contributed by atoms with van der Waals surface area (Å²) >= 11 is 0. The number of sulfonamides is 1. The molecule has 2 aliphatic rings. The first-order valence-electron chi connectivity index (χ1n) is 10.0. The summed E-state index contributed by atoms with van der Waals surface area (Å²) in [5.74, 6) is 0.539. The fourth-order valence-electron chi connectivity index (χ4n) is 4.15. The predicted octanol–water partition coefficient (Wildman–Crippen LogP) is 2.07. The van der Waals surface area contributed by atoms with Gasteiger partial charge in [-0.05, 0) is 36.5 Å². The van der Waals surface area contributed by atoms with Crippen LogP contribution in [-0.2, 0) is 14.8 Å². The third kappa shape index (κ3) is 4.90. The number of carbonyl (C=O) groups excluding carboxylic acids is 1. The minimum atomic E-state index is -3.71. The maximum Gasteiger partial charge on any atom is 0.243 e. The number of rotatable bonds is 5. The first kappa shape index (κ1) is 21.2. The summed E-state index contributed by atoms with van der Waals surface area (Å²) in [7, 11) is -3.71. The molecule has 0 aromatic heterocycles. The molecule has 6 nitrogen and oxygen atoms in total. The summed E-state index contributed by atoms with van der Waals surface area (Å²) in [4.78, 5) is 14.4. The van der Waals surface area contributed by atoms with Crippen molar-refractivity contribution in [3.05, 3.63) is 30.1 Å². The van der Waals surface area contributed by atoms with E-state index in [2.05, 4.69) is 19.2 Å². The van der Waals surface area contributed by atoms with E-state index in [1.165, 1.54) is 28.9 Å². The van der Waals surface area contributed by atoms with E-state index in [4.69, 9.17) is 0 Å². The molecule has 1 N–H and O–H groups in total. The first-order valence-corrected chi connectivity index (χ1v) is 11.5. The number of benzene rings is 1. The van der Waals surface area contributed by atoms with Gasteiger partial charge in [-0.25, -0.2) is 12.8 Å². The number of hydrogen-bond acceptors (Lipinski definition) is 4. The minimum absolute atomic E-state index is 0.00684. The van der Waals surface area contributed by atoms with Crippen LogP contribution in [0.4, 0.5) is 4.39 Å². The second-order valence-electron chi connectivity index (χ2n) is 8.08. The van der Waals surface area contributed by atoms with Gasteiger partial charge in [-0.3, -0.25) is 9.69 Å². The van der Waals surface area contributed by atoms with Crippen molar-refractivity contribution in [2.75, 3.05) is 32.7 Å². The van der Waals surface area contributed by atoms with E-state index in [1.807, 2.05) is 4.90 Å². The number of nitrogens with one attached hydrogen (secondary N) is 1. The Hall–Kier alpha value is -1.51. The largest absolute Gasteiger partial charge is 0.352 e. The predicted molar refractivity (Wildman–Crippen MR) is 106 cm³/mol. The highest BCUT2D eigenvalue weighted by Gasteiger charge is 2.31. The van der Waals surface area contributed by atoms with Gasteiger partial charge in [-0.2, -0.15) is 4.31 Å². The van der Waals surface area contributed by atoms with Gasteiger partial charge in [0.25, 0.3) is 0 Å². The van der Waals surface area contributed by atoms with Crippen LogP contribution >= 0.6 is 0 Å². The van der Waals surface area contributed by atoms with Crippen LogP contribution in [0, 0.1) is 17.7 Å². The number of nitrogens with zero attached hydrogens (tertiary/aromatic N) is 2. The Morgan fingerprint density at radius 1 is 1.18 bits per heavy atom. The molecule has 3 rings (SSSR count). The molecule has 2 fully saturated rings. The summed E-state index contributed by atoms with van der Waals surface area (Å²) in [5, 5.41) is 3.17. The van der Waals surface area contributed by atoms with Crippen molar-refractivity contribution >= 4 is 15.9 Å². The van der Waals surface area contributed by atoms with Gasteiger partial charge in [0.15, 0.2) is 0 Å². The van der Waals surface area contributed by atoms with E-state index in [-0.39, 0.29) is 23.4 Å². The van der Waals surface area contributed by atoms with Gasteiger partial charge in [-0.15, -0.1) is 0 Å². The van der Waals surface area contributed by atoms with E-state index in [9.17, 15) is 17.6 Å². The molecule has 1 saturated heterocycles. The Bertz CT molecular complexity index is 794. The average molecular weight is 412 g/mol. The second-order valence-corrected chi connectivity index (χ2v) is 10.0. The molecule has 1 saturated carbocycles. The first-order chi connectivity index (χ1) is 13.3. The number of halogens is 1. The molecule has 1 aliphatic carbocycles. The lowest BCUT2D eigenvalue weighted by Gasteiger charge is -2.36. The molecule has 0 radical (unpaired) electrons. The van der Waals surface area contributed by atoms with Crippen LogP contribution in [0.25, 0.3) is 0 Å². The highest BCUT2D eigenvalue weighted by molar-refractivity contribution is 7.89. The summed E-state index contributed by atoms with van der Waals surface area (Å²) in [6.07, 6.45) is 3.39. The minimum Gasteiger partial charge on any atom is -0.352 e. The quantitative estimate of drug-likeness (QED) is 0.805. The molecule has 28 heavy (non-hydrogen) atoms. The van der Waals surface area contributed by atoms with E-state index in [0.29, 0.717) is 38.0 Å². The van der Waals surface area contributed by atoms with Crippen molar-refractivity contribution in [2.45, 2.75) is 44.0 Å². The van der Waals surface area contributed by atoms with Crippen molar-refractivity contribution in [3.63, 3.8) is 0 Å². The highest BCUT2D eigenvalue weighted by atomic mass is 32.2. The lowest BCUT2D eigenvalue weighted by molar-refractivity contribution is -0.124. The van der Waals surface area contributed by atoms with Crippen LogP contribution in [-0.4, -0.2) is 62.3 Å². The summed E-state index contributed by atoms with van der Waals surface area (Å²) in [5.41, 5.74) is 0. The third-order valence-electron chi connectivity index (χ3n) is 6.19. The van der Waals surface area contributed by atoms with Crippen molar-refractivity contribution in [3.8, 4) is 0 Å². The number of piperazine rings is 1. The standard InChI is InChI=1S/C20H30FN3O3S/c1-15-5-3-8-19(16(15)2)22-20(25)14-23-9-11-24(12-10-23)28(26,27)18-7-4-6-17(21)13-18/h4,6-7,13,15-16,19H,3,5,8-12,14H2,1-2H3,(H,22,25)/t15-,16-,19+/m1/s1. The molecular formula is C20H30FN3O3S. The Morgan fingerprint density at radius 2 is 1.89 bits per heavy atom. The van der Waals surface area contributed by atoms with Gasteiger partial charge in [0.1, 0.15) is 5.82 Å². The van der Waals surface area contributed by atoms with Crippen LogP contribution in [0.1, 0.15) is 33.1 Å². The zero-order chi connectivity index (χ0) is 20.3. The van der Waals surface area contributed by atoms with Gasteiger partial charge in [-0.1, -0.05) is 32.8 Å². The zero-order valence-electron chi connectivity index (χ0n) is 16.6. The molecule has 3 atom stereocenters. The molecule has 8 heteroatoms. The molecule has 0 bridgehead atoms. The van der Waals surface area contributed by atoms with Crippen LogP contribution in [0.3, 0.4) is 0 Å². The fraction of sp³-hybridized carbons (Fsp3) is 0.650. The molecule has 1 aliphatic heterocycles. The smallest absolute Gasteiger partial charge is 0.243 e. The average Bonchev–Trinajstić information content (AvgIpc) is 2.66. The SMILES string of the molecule is C[C@@H]1[C@H](C)CCC[C@@H]1NC(=O)CN1CCN(S(=O)(=O)c2cccc(F)c2)CC1. The summed E-state index contributed by atoms with van der Waals surface area (Å²) in [6.45, 7) is 6.28. The van der Waals surface area contributed by atoms with Gasteiger partial charge >= 0.3 is 0 Å². The lowest BCUT2D eigenvalue weighted by Crippen LogP contribution is -2.52. The lowest BCUT2D eigenvalue weighted by atomic mass is 9.78. The van der Waals surface area contributed by atoms with Gasteiger partial charge in [0, 0.05) is 32.2 Å². The van der Waals surface area contributed by atoms with Crippen molar-refractivity contribution < 1.29 is 17.6 Å². The molecule has 1 aromatic rings. The van der Waals surface area contributed by atoms with Crippen LogP contribution in [0.15, 0.2) is 29.2 Å². The molecule has 1 aromatic carbocycles.